The highest BCUT2D eigenvalue weighted by molar-refractivity contribution is 9.10. The Balaban J connectivity index is 1.71. The molecule has 1 aliphatic heterocycles. The lowest BCUT2D eigenvalue weighted by Gasteiger charge is -2.27. The van der Waals surface area contributed by atoms with Gasteiger partial charge in [0.2, 0.25) is 5.95 Å². The Morgan fingerprint density at radius 1 is 1.14 bits per heavy atom. The van der Waals surface area contributed by atoms with Crippen molar-refractivity contribution in [3.63, 3.8) is 0 Å². The number of methoxy groups -OCH3 is 2. The van der Waals surface area contributed by atoms with Gasteiger partial charge in [0.25, 0.3) is 0 Å². The summed E-state index contributed by atoms with van der Waals surface area (Å²) in [4.78, 5) is 0. The van der Waals surface area contributed by atoms with Crippen molar-refractivity contribution in [1.82, 2.24) is 20.1 Å². The SMILES string of the molecule is COc1cc(Br)c(Nc2nnc3n2C(c2ccc(F)cc2)CNC3)cc1OC. The van der Waals surface area contributed by atoms with Crippen LogP contribution in [0.4, 0.5) is 16.0 Å². The first kappa shape index (κ1) is 18.7. The van der Waals surface area contributed by atoms with Gasteiger partial charge in [-0.1, -0.05) is 12.1 Å². The summed E-state index contributed by atoms with van der Waals surface area (Å²) >= 11 is 3.55. The van der Waals surface area contributed by atoms with Crippen LogP contribution in [0.1, 0.15) is 17.4 Å². The van der Waals surface area contributed by atoms with Crippen molar-refractivity contribution in [2.75, 3.05) is 26.1 Å². The molecule has 1 aromatic heterocycles. The average molecular weight is 448 g/mol. The molecule has 2 N–H and O–H groups in total. The molecule has 0 saturated heterocycles. The second-order valence-electron chi connectivity index (χ2n) is 6.32. The van der Waals surface area contributed by atoms with Crippen LogP contribution in [0.2, 0.25) is 0 Å². The highest BCUT2D eigenvalue weighted by atomic mass is 79.9. The van der Waals surface area contributed by atoms with Gasteiger partial charge in [-0.3, -0.25) is 4.57 Å². The van der Waals surface area contributed by atoms with Crippen LogP contribution in [0, 0.1) is 5.82 Å². The smallest absolute Gasteiger partial charge is 0.229 e. The Bertz CT molecular complexity index is 993. The normalized spacial score (nSPS) is 15.8. The minimum atomic E-state index is -0.260. The van der Waals surface area contributed by atoms with Crippen LogP contribution >= 0.6 is 15.9 Å². The molecule has 3 aromatic rings. The molecule has 0 saturated carbocycles. The highest BCUT2D eigenvalue weighted by Crippen LogP contribution is 2.38. The molecule has 28 heavy (non-hydrogen) atoms. The van der Waals surface area contributed by atoms with E-state index in [1.54, 1.807) is 26.4 Å². The Labute approximate surface area is 170 Å². The number of aromatic nitrogens is 3. The molecule has 0 spiro atoms. The maximum Gasteiger partial charge on any atom is 0.229 e. The van der Waals surface area contributed by atoms with E-state index in [4.69, 9.17) is 9.47 Å². The van der Waals surface area contributed by atoms with Crippen LogP contribution in [0.5, 0.6) is 11.5 Å². The van der Waals surface area contributed by atoms with Crippen molar-refractivity contribution in [2.24, 2.45) is 0 Å². The average Bonchev–Trinajstić information content (AvgIpc) is 3.13. The fourth-order valence-electron chi connectivity index (χ4n) is 3.29. The number of rotatable bonds is 5. The first-order valence-electron chi connectivity index (χ1n) is 8.69. The summed E-state index contributed by atoms with van der Waals surface area (Å²) in [5, 5.41) is 15.3. The van der Waals surface area contributed by atoms with E-state index >= 15 is 0 Å². The van der Waals surface area contributed by atoms with Crippen LogP contribution in [0.15, 0.2) is 40.9 Å². The molecule has 4 rings (SSSR count). The number of anilines is 2. The lowest BCUT2D eigenvalue weighted by Crippen LogP contribution is -2.34. The Morgan fingerprint density at radius 3 is 2.57 bits per heavy atom. The van der Waals surface area contributed by atoms with E-state index in [9.17, 15) is 4.39 Å². The minimum absolute atomic E-state index is 0.0548. The molecule has 9 heteroatoms. The van der Waals surface area contributed by atoms with E-state index in [1.807, 2.05) is 16.7 Å². The van der Waals surface area contributed by atoms with Crippen molar-refractivity contribution in [1.29, 1.82) is 0 Å². The molecular weight excluding hydrogens is 429 g/mol. The minimum Gasteiger partial charge on any atom is -0.493 e. The number of hydrogen-bond acceptors (Lipinski definition) is 6. The highest BCUT2D eigenvalue weighted by Gasteiger charge is 2.26. The Hall–Kier alpha value is -2.65. The molecule has 0 bridgehead atoms. The Morgan fingerprint density at radius 2 is 1.86 bits per heavy atom. The molecule has 0 fully saturated rings. The van der Waals surface area contributed by atoms with Crippen LogP contribution < -0.4 is 20.1 Å². The largest absolute Gasteiger partial charge is 0.493 e. The summed E-state index contributed by atoms with van der Waals surface area (Å²) in [5.41, 5.74) is 1.74. The summed E-state index contributed by atoms with van der Waals surface area (Å²) in [7, 11) is 3.18. The van der Waals surface area contributed by atoms with Gasteiger partial charge in [-0.2, -0.15) is 0 Å². The molecule has 2 aromatic carbocycles. The third-order valence-electron chi connectivity index (χ3n) is 4.67. The van der Waals surface area contributed by atoms with Gasteiger partial charge in [-0.25, -0.2) is 4.39 Å². The van der Waals surface area contributed by atoms with Crippen LogP contribution in [0.3, 0.4) is 0 Å². The van der Waals surface area contributed by atoms with Gasteiger partial charge in [0.05, 0.1) is 32.5 Å². The van der Waals surface area contributed by atoms with Gasteiger partial charge in [0.1, 0.15) is 11.6 Å². The van der Waals surface area contributed by atoms with Crippen molar-refractivity contribution < 1.29 is 13.9 Å². The van der Waals surface area contributed by atoms with Crippen molar-refractivity contribution in [3.8, 4) is 11.5 Å². The molecule has 7 nitrogen and oxygen atoms in total. The van der Waals surface area contributed by atoms with E-state index in [1.165, 1.54) is 12.1 Å². The quantitative estimate of drug-likeness (QED) is 0.621. The molecule has 1 aliphatic rings. The van der Waals surface area contributed by atoms with E-state index in [0.717, 1.165) is 21.5 Å². The topological polar surface area (TPSA) is 73.2 Å². The summed E-state index contributed by atoms with van der Waals surface area (Å²) in [6.07, 6.45) is 0. The molecule has 0 amide bonds. The van der Waals surface area contributed by atoms with Gasteiger partial charge in [0.15, 0.2) is 11.5 Å². The maximum atomic E-state index is 13.3. The fourth-order valence-corrected chi connectivity index (χ4v) is 3.71. The van der Waals surface area contributed by atoms with Crippen LogP contribution in [-0.4, -0.2) is 35.5 Å². The van der Waals surface area contributed by atoms with Gasteiger partial charge < -0.3 is 20.1 Å². The molecule has 0 aliphatic carbocycles. The maximum absolute atomic E-state index is 13.3. The van der Waals surface area contributed by atoms with Crippen LogP contribution in [-0.2, 0) is 6.54 Å². The molecule has 0 radical (unpaired) electrons. The molecule has 2 heterocycles. The predicted octanol–water partition coefficient (Wildman–Crippen LogP) is 3.63. The van der Waals surface area contributed by atoms with E-state index < -0.39 is 0 Å². The van der Waals surface area contributed by atoms with Crippen LogP contribution in [0.25, 0.3) is 0 Å². The Kier molecular flexibility index (Phi) is 5.19. The lowest BCUT2D eigenvalue weighted by molar-refractivity contribution is 0.355. The second-order valence-corrected chi connectivity index (χ2v) is 7.17. The zero-order chi connectivity index (χ0) is 19.7. The van der Waals surface area contributed by atoms with Crippen molar-refractivity contribution in [3.05, 3.63) is 58.1 Å². The van der Waals surface area contributed by atoms with Crippen molar-refractivity contribution >= 4 is 27.6 Å². The standard InChI is InChI=1S/C19H19BrFN5O2/c1-27-16-7-13(20)14(8-17(16)28-2)23-19-25-24-18-10-22-9-15(26(18)19)11-3-5-12(21)6-4-11/h3-8,15,22H,9-10H2,1-2H3,(H,23,25). The monoisotopic (exact) mass is 447 g/mol. The predicted molar refractivity (Wildman–Crippen MR) is 107 cm³/mol. The molecule has 1 atom stereocenters. The summed E-state index contributed by atoms with van der Waals surface area (Å²) in [6, 6.07) is 10.1. The first-order valence-corrected chi connectivity index (χ1v) is 9.48. The third-order valence-corrected chi connectivity index (χ3v) is 5.33. The number of hydrogen-bond donors (Lipinski definition) is 2. The fraction of sp³-hybridized carbons (Fsp3) is 0.263. The molecule has 146 valence electrons. The summed E-state index contributed by atoms with van der Waals surface area (Å²) in [5.74, 6) is 2.36. The molecule has 1 unspecified atom stereocenters. The summed E-state index contributed by atoms with van der Waals surface area (Å²) < 4.78 is 26.9. The number of ether oxygens (including phenoxy) is 2. The van der Waals surface area contributed by atoms with E-state index in [-0.39, 0.29) is 11.9 Å². The van der Waals surface area contributed by atoms with E-state index in [2.05, 4.69) is 36.8 Å². The number of benzene rings is 2. The van der Waals surface area contributed by atoms with Gasteiger partial charge in [0, 0.05) is 23.2 Å². The number of nitrogens with zero attached hydrogens (tertiary/aromatic N) is 3. The zero-order valence-corrected chi connectivity index (χ0v) is 17.0. The number of nitrogens with one attached hydrogen (secondary N) is 2. The number of halogens is 2. The van der Waals surface area contributed by atoms with E-state index in [0.29, 0.717) is 30.5 Å². The van der Waals surface area contributed by atoms with Gasteiger partial charge in [-0.05, 0) is 33.6 Å². The van der Waals surface area contributed by atoms with Crippen molar-refractivity contribution in [2.45, 2.75) is 12.6 Å². The third kappa shape index (κ3) is 3.43. The second kappa shape index (κ2) is 7.76. The van der Waals surface area contributed by atoms with Gasteiger partial charge >= 0.3 is 0 Å². The summed E-state index contributed by atoms with van der Waals surface area (Å²) in [6.45, 7) is 1.30. The number of fused-ring (bicyclic) bond motifs is 1. The van der Waals surface area contributed by atoms with Gasteiger partial charge in [-0.15, -0.1) is 10.2 Å². The first-order chi connectivity index (χ1) is 13.6. The lowest BCUT2D eigenvalue weighted by atomic mass is 10.1. The zero-order valence-electron chi connectivity index (χ0n) is 15.4. The molecular formula is C19H19BrFN5O2.